The molecule has 162 valence electrons. The van der Waals surface area contributed by atoms with Crippen LogP contribution in [-0.2, 0) is 5.54 Å². The largest absolute Gasteiger partial charge is 0.352 e. The van der Waals surface area contributed by atoms with Crippen molar-refractivity contribution in [2.75, 3.05) is 19.6 Å². The molecule has 3 heterocycles. The number of carbonyl (C=O) groups excluding carboxylic acids is 1. The number of aromatic nitrogens is 3. The van der Waals surface area contributed by atoms with Crippen LogP contribution in [0.1, 0.15) is 74.1 Å². The molecule has 1 unspecified atom stereocenters. The van der Waals surface area contributed by atoms with Gasteiger partial charge in [0.25, 0.3) is 5.91 Å². The molecule has 2 N–H and O–H groups in total. The molecule has 8 heteroatoms. The van der Waals surface area contributed by atoms with Crippen molar-refractivity contribution in [2.45, 2.75) is 64.8 Å². The van der Waals surface area contributed by atoms with Crippen molar-refractivity contribution in [2.24, 2.45) is 5.92 Å². The topological polar surface area (TPSA) is 71.8 Å². The summed E-state index contributed by atoms with van der Waals surface area (Å²) < 4.78 is 1.98. The lowest BCUT2D eigenvalue weighted by atomic mass is 9.99. The fourth-order valence-corrected chi connectivity index (χ4v) is 3.97. The van der Waals surface area contributed by atoms with Crippen LogP contribution in [0, 0.1) is 12.8 Å². The van der Waals surface area contributed by atoms with Gasteiger partial charge in [0.1, 0.15) is 0 Å². The number of rotatable bonds is 4. The molecule has 1 aliphatic carbocycles. The first kappa shape index (κ1) is 23.9. The third-order valence-electron chi connectivity index (χ3n) is 5.66. The first-order chi connectivity index (χ1) is 12.8. The van der Waals surface area contributed by atoms with Gasteiger partial charge in [-0.1, -0.05) is 0 Å². The SMILES string of the molecule is Cc1nn(C(C)(C)C)c2nc(C3CC3)cc(C(=O)NCC3CCCNC3)c12.Cl.Cl. The number of halogens is 2. The average Bonchev–Trinajstić information content (AvgIpc) is 3.43. The Balaban J connectivity index is 0.00000150. The summed E-state index contributed by atoms with van der Waals surface area (Å²) in [6, 6.07) is 2.01. The molecule has 2 fully saturated rings. The average molecular weight is 442 g/mol. The minimum absolute atomic E-state index is 0. The van der Waals surface area contributed by atoms with Gasteiger partial charge in [-0.2, -0.15) is 5.10 Å². The summed E-state index contributed by atoms with van der Waals surface area (Å²) >= 11 is 0. The van der Waals surface area contributed by atoms with Gasteiger partial charge < -0.3 is 10.6 Å². The second-order valence-electron chi connectivity index (χ2n) is 9.16. The summed E-state index contributed by atoms with van der Waals surface area (Å²) in [5, 5.41) is 12.2. The van der Waals surface area contributed by atoms with Gasteiger partial charge in [-0.3, -0.25) is 4.79 Å². The maximum Gasteiger partial charge on any atom is 0.252 e. The van der Waals surface area contributed by atoms with E-state index in [9.17, 15) is 4.79 Å². The van der Waals surface area contributed by atoms with E-state index >= 15 is 0 Å². The Bertz CT molecular complexity index is 864. The van der Waals surface area contributed by atoms with E-state index in [0.29, 0.717) is 11.8 Å². The number of aryl methyl sites for hydroxylation is 1. The zero-order valence-electron chi connectivity index (χ0n) is 17.7. The fraction of sp³-hybridized carbons (Fsp3) is 0.667. The van der Waals surface area contributed by atoms with E-state index in [2.05, 4.69) is 31.4 Å². The highest BCUT2D eigenvalue weighted by Gasteiger charge is 2.30. The Morgan fingerprint density at radius 2 is 2.00 bits per heavy atom. The lowest BCUT2D eigenvalue weighted by Gasteiger charge is -2.23. The van der Waals surface area contributed by atoms with Crippen LogP contribution in [0.5, 0.6) is 0 Å². The Kier molecular flexibility index (Phi) is 7.57. The highest BCUT2D eigenvalue weighted by atomic mass is 35.5. The molecular weight excluding hydrogens is 409 g/mol. The van der Waals surface area contributed by atoms with E-state index in [1.165, 1.54) is 12.8 Å². The summed E-state index contributed by atoms with van der Waals surface area (Å²) in [7, 11) is 0. The summed E-state index contributed by atoms with van der Waals surface area (Å²) in [5.74, 6) is 1.01. The molecule has 6 nitrogen and oxygen atoms in total. The van der Waals surface area contributed by atoms with Crippen LogP contribution in [0.25, 0.3) is 11.0 Å². The van der Waals surface area contributed by atoms with Gasteiger partial charge in [0.05, 0.1) is 22.2 Å². The summed E-state index contributed by atoms with van der Waals surface area (Å²) in [6.45, 7) is 11.2. The van der Waals surface area contributed by atoms with Crippen LogP contribution in [-0.4, -0.2) is 40.3 Å². The van der Waals surface area contributed by atoms with Crippen molar-refractivity contribution in [3.05, 3.63) is 23.0 Å². The number of amides is 1. The van der Waals surface area contributed by atoms with Crippen LogP contribution >= 0.6 is 24.8 Å². The number of hydrogen-bond acceptors (Lipinski definition) is 4. The zero-order valence-corrected chi connectivity index (χ0v) is 19.4. The van der Waals surface area contributed by atoms with Crippen LogP contribution in [0.3, 0.4) is 0 Å². The quantitative estimate of drug-likeness (QED) is 0.753. The van der Waals surface area contributed by atoms with Crippen LogP contribution in [0.2, 0.25) is 0 Å². The first-order valence-corrected chi connectivity index (χ1v) is 10.2. The lowest BCUT2D eigenvalue weighted by molar-refractivity contribution is 0.0946. The number of fused-ring (bicyclic) bond motifs is 1. The molecule has 1 saturated carbocycles. The third-order valence-corrected chi connectivity index (χ3v) is 5.66. The molecule has 2 aromatic heterocycles. The molecule has 2 aliphatic rings. The maximum atomic E-state index is 13.1. The molecule has 1 amide bonds. The number of piperidine rings is 1. The highest BCUT2D eigenvalue weighted by molar-refractivity contribution is 6.06. The van der Waals surface area contributed by atoms with E-state index in [4.69, 9.17) is 10.1 Å². The normalized spacial score (nSPS) is 19.4. The standard InChI is InChI=1S/C21H31N5O.2ClH/c1-13-18-16(20(27)23-12-14-6-5-9-22-11-14)10-17(15-7-8-15)24-19(18)26(25-13)21(2,3)4;;/h10,14-15,22H,5-9,11-12H2,1-4H3,(H,23,27);2*1H. The van der Waals surface area contributed by atoms with Gasteiger partial charge in [0.2, 0.25) is 0 Å². The van der Waals surface area contributed by atoms with E-state index in [1.807, 2.05) is 17.7 Å². The predicted octanol–water partition coefficient (Wildman–Crippen LogP) is 3.95. The minimum Gasteiger partial charge on any atom is -0.352 e. The zero-order chi connectivity index (χ0) is 19.2. The molecule has 0 aromatic carbocycles. The van der Waals surface area contributed by atoms with Gasteiger partial charge >= 0.3 is 0 Å². The summed E-state index contributed by atoms with van der Waals surface area (Å²) in [4.78, 5) is 18.0. The second kappa shape index (κ2) is 9.19. The number of nitrogens with zero attached hydrogens (tertiary/aromatic N) is 3. The Morgan fingerprint density at radius 1 is 1.28 bits per heavy atom. The van der Waals surface area contributed by atoms with E-state index in [1.54, 1.807) is 0 Å². The van der Waals surface area contributed by atoms with Crippen molar-refractivity contribution >= 4 is 41.8 Å². The first-order valence-electron chi connectivity index (χ1n) is 10.2. The predicted molar refractivity (Wildman–Crippen MR) is 122 cm³/mol. The van der Waals surface area contributed by atoms with E-state index < -0.39 is 0 Å². The molecular formula is C21H33Cl2N5O. The Morgan fingerprint density at radius 3 is 2.59 bits per heavy atom. The number of carbonyl (C=O) groups is 1. The molecule has 29 heavy (non-hydrogen) atoms. The van der Waals surface area contributed by atoms with Crippen LogP contribution < -0.4 is 10.6 Å². The van der Waals surface area contributed by atoms with Gasteiger partial charge in [-0.05, 0) is 78.5 Å². The van der Waals surface area contributed by atoms with Crippen molar-refractivity contribution in [1.29, 1.82) is 0 Å². The third kappa shape index (κ3) is 5.04. The van der Waals surface area contributed by atoms with E-state index in [0.717, 1.165) is 60.5 Å². The molecule has 0 bridgehead atoms. The lowest BCUT2D eigenvalue weighted by Crippen LogP contribution is -2.38. The Hall–Kier alpha value is -1.37. The van der Waals surface area contributed by atoms with Gasteiger partial charge in [-0.25, -0.2) is 9.67 Å². The molecule has 1 saturated heterocycles. The van der Waals surface area contributed by atoms with Crippen molar-refractivity contribution < 1.29 is 4.79 Å². The minimum atomic E-state index is -0.177. The monoisotopic (exact) mass is 441 g/mol. The number of nitrogens with one attached hydrogen (secondary N) is 2. The maximum absolute atomic E-state index is 13.1. The molecule has 1 aliphatic heterocycles. The number of pyridine rings is 1. The summed E-state index contributed by atoms with van der Waals surface area (Å²) in [5.41, 5.74) is 3.31. The van der Waals surface area contributed by atoms with Crippen molar-refractivity contribution in [1.82, 2.24) is 25.4 Å². The molecule has 2 aromatic rings. The van der Waals surface area contributed by atoms with Crippen LogP contribution in [0.4, 0.5) is 0 Å². The molecule has 1 atom stereocenters. The van der Waals surface area contributed by atoms with Crippen molar-refractivity contribution in [3.63, 3.8) is 0 Å². The van der Waals surface area contributed by atoms with Crippen molar-refractivity contribution in [3.8, 4) is 0 Å². The van der Waals surface area contributed by atoms with Crippen LogP contribution in [0.15, 0.2) is 6.07 Å². The molecule has 0 spiro atoms. The van der Waals surface area contributed by atoms with E-state index in [-0.39, 0.29) is 36.3 Å². The Labute approximate surface area is 185 Å². The summed E-state index contributed by atoms with van der Waals surface area (Å²) in [6.07, 6.45) is 4.68. The smallest absolute Gasteiger partial charge is 0.252 e. The van der Waals surface area contributed by atoms with Gasteiger partial charge in [0, 0.05) is 18.2 Å². The molecule has 4 rings (SSSR count). The number of hydrogen-bond donors (Lipinski definition) is 2. The molecule has 0 radical (unpaired) electrons. The fourth-order valence-electron chi connectivity index (χ4n) is 3.97. The second-order valence-corrected chi connectivity index (χ2v) is 9.16. The van der Waals surface area contributed by atoms with Gasteiger partial charge in [0.15, 0.2) is 5.65 Å². The highest BCUT2D eigenvalue weighted by Crippen LogP contribution is 2.41. The van der Waals surface area contributed by atoms with Gasteiger partial charge in [-0.15, -0.1) is 24.8 Å².